The molecule has 0 spiro atoms. The Labute approximate surface area is 121 Å². The minimum absolute atomic E-state index is 0.136. The van der Waals surface area contributed by atoms with Gasteiger partial charge in [-0.15, -0.1) is 0 Å². The lowest BCUT2D eigenvalue weighted by Gasteiger charge is -2.08. The summed E-state index contributed by atoms with van der Waals surface area (Å²) < 4.78 is 0. The van der Waals surface area contributed by atoms with Crippen molar-refractivity contribution in [2.45, 2.75) is 6.42 Å². The molecule has 1 aromatic heterocycles. The van der Waals surface area contributed by atoms with Crippen molar-refractivity contribution in [1.29, 1.82) is 0 Å². The summed E-state index contributed by atoms with van der Waals surface area (Å²) in [7, 11) is 0. The Hall–Kier alpha value is -2.89. The molecule has 2 rings (SSSR count). The summed E-state index contributed by atoms with van der Waals surface area (Å²) >= 11 is 0. The van der Waals surface area contributed by atoms with Gasteiger partial charge in [-0.25, -0.2) is 4.79 Å². The van der Waals surface area contributed by atoms with Crippen LogP contribution >= 0.6 is 0 Å². The second kappa shape index (κ2) is 6.51. The van der Waals surface area contributed by atoms with Crippen molar-refractivity contribution in [3.8, 4) is 5.75 Å². The Morgan fingerprint density at radius 1 is 1.14 bits per heavy atom. The number of aromatic carboxylic acids is 1. The lowest BCUT2D eigenvalue weighted by molar-refractivity contribution is 0.0695. The molecule has 0 unspecified atom stereocenters. The Bertz CT molecular complexity index is 670. The van der Waals surface area contributed by atoms with E-state index in [1.165, 1.54) is 24.5 Å². The number of aromatic nitrogens is 1. The van der Waals surface area contributed by atoms with E-state index in [9.17, 15) is 14.7 Å². The lowest BCUT2D eigenvalue weighted by Crippen LogP contribution is -2.26. The minimum atomic E-state index is -0.997. The molecule has 0 aliphatic carbocycles. The molecule has 1 heterocycles. The zero-order chi connectivity index (χ0) is 15.2. The number of carbonyl (C=O) groups is 2. The quantitative estimate of drug-likeness (QED) is 0.772. The van der Waals surface area contributed by atoms with Gasteiger partial charge >= 0.3 is 5.97 Å². The van der Waals surface area contributed by atoms with E-state index in [4.69, 9.17) is 5.11 Å². The van der Waals surface area contributed by atoms with Crippen molar-refractivity contribution in [2.24, 2.45) is 0 Å². The van der Waals surface area contributed by atoms with E-state index in [0.29, 0.717) is 12.0 Å². The molecule has 1 aromatic carbocycles. The topological polar surface area (TPSA) is 99.5 Å². The van der Waals surface area contributed by atoms with Crippen LogP contribution in [0.3, 0.4) is 0 Å². The van der Waals surface area contributed by atoms with Gasteiger partial charge in [0.05, 0.1) is 17.3 Å². The van der Waals surface area contributed by atoms with Gasteiger partial charge in [-0.1, -0.05) is 18.2 Å². The number of rotatable bonds is 5. The van der Waals surface area contributed by atoms with Crippen molar-refractivity contribution in [3.63, 3.8) is 0 Å². The van der Waals surface area contributed by atoms with Crippen LogP contribution in [0.1, 0.15) is 26.3 Å². The standard InChI is InChI=1S/C15H14N2O4/c18-13-9-16-7-6-12(13)14(19)17-8-5-10-3-1-2-4-11(10)15(20)21/h1-4,6-7,9,18H,5,8H2,(H,17,19)(H,20,21). The fraction of sp³-hybridized carbons (Fsp3) is 0.133. The SMILES string of the molecule is O=C(NCCc1ccccc1C(=O)O)c1ccncc1O. The fourth-order valence-electron chi connectivity index (χ4n) is 1.93. The number of amides is 1. The predicted octanol–water partition coefficient (Wildman–Crippen LogP) is 1.46. The Morgan fingerprint density at radius 3 is 2.62 bits per heavy atom. The largest absolute Gasteiger partial charge is 0.505 e. The van der Waals surface area contributed by atoms with Crippen LogP contribution in [0, 0.1) is 0 Å². The highest BCUT2D eigenvalue weighted by Crippen LogP contribution is 2.13. The third-order valence-corrected chi connectivity index (χ3v) is 2.97. The number of aromatic hydroxyl groups is 1. The molecule has 2 aromatic rings. The Balaban J connectivity index is 1.98. The molecule has 0 saturated carbocycles. The van der Waals surface area contributed by atoms with Gasteiger partial charge in [0.2, 0.25) is 0 Å². The fourth-order valence-corrected chi connectivity index (χ4v) is 1.93. The lowest BCUT2D eigenvalue weighted by atomic mass is 10.0. The van der Waals surface area contributed by atoms with Crippen molar-refractivity contribution in [3.05, 3.63) is 59.4 Å². The van der Waals surface area contributed by atoms with Crippen molar-refractivity contribution in [2.75, 3.05) is 6.54 Å². The number of hydrogen-bond donors (Lipinski definition) is 3. The van der Waals surface area contributed by atoms with E-state index >= 15 is 0 Å². The summed E-state index contributed by atoms with van der Waals surface area (Å²) in [5.41, 5.74) is 0.999. The first-order chi connectivity index (χ1) is 10.1. The van der Waals surface area contributed by atoms with Crippen LogP contribution in [0.15, 0.2) is 42.7 Å². The maximum atomic E-state index is 11.9. The molecular formula is C15H14N2O4. The first kappa shape index (κ1) is 14.5. The highest BCUT2D eigenvalue weighted by Gasteiger charge is 2.12. The number of carbonyl (C=O) groups excluding carboxylic acids is 1. The molecule has 0 bridgehead atoms. The van der Waals surface area contributed by atoms with E-state index in [-0.39, 0.29) is 23.4 Å². The second-order valence-electron chi connectivity index (χ2n) is 4.36. The second-order valence-corrected chi connectivity index (χ2v) is 4.36. The average molecular weight is 286 g/mol. The molecule has 0 saturated heterocycles. The van der Waals surface area contributed by atoms with Crippen molar-refractivity contribution >= 4 is 11.9 Å². The third-order valence-electron chi connectivity index (χ3n) is 2.97. The van der Waals surface area contributed by atoms with Gasteiger partial charge in [0.25, 0.3) is 5.91 Å². The zero-order valence-electron chi connectivity index (χ0n) is 11.1. The van der Waals surface area contributed by atoms with E-state index < -0.39 is 11.9 Å². The maximum absolute atomic E-state index is 11.9. The first-order valence-corrected chi connectivity index (χ1v) is 6.32. The van der Waals surface area contributed by atoms with Gasteiger partial charge in [0, 0.05) is 12.7 Å². The number of pyridine rings is 1. The molecular weight excluding hydrogens is 272 g/mol. The molecule has 0 fully saturated rings. The van der Waals surface area contributed by atoms with Crippen LogP contribution < -0.4 is 5.32 Å². The molecule has 0 aliphatic rings. The smallest absolute Gasteiger partial charge is 0.335 e. The zero-order valence-corrected chi connectivity index (χ0v) is 11.1. The molecule has 1 amide bonds. The van der Waals surface area contributed by atoms with E-state index in [0.717, 1.165) is 0 Å². The first-order valence-electron chi connectivity index (χ1n) is 6.32. The molecule has 6 heteroatoms. The molecule has 108 valence electrons. The van der Waals surface area contributed by atoms with Gasteiger partial charge in [0.1, 0.15) is 5.75 Å². The number of benzene rings is 1. The third kappa shape index (κ3) is 3.56. The van der Waals surface area contributed by atoms with Crippen LogP contribution in [0.4, 0.5) is 0 Å². The minimum Gasteiger partial charge on any atom is -0.505 e. The van der Waals surface area contributed by atoms with Gasteiger partial charge in [-0.2, -0.15) is 0 Å². The van der Waals surface area contributed by atoms with E-state index in [1.807, 2.05) is 0 Å². The van der Waals surface area contributed by atoms with Crippen LogP contribution in [0.5, 0.6) is 5.75 Å². The van der Waals surface area contributed by atoms with Crippen LogP contribution in [-0.4, -0.2) is 33.6 Å². The van der Waals surface area contributed by atoms with Gasteiger partial charge in [0.15, 0.2) is 0 Å². The molecule has 0 atom stereocenters. The normalized spacial score (nSPS) is 10.1. The Kier molecular flexibility index (Phi) is 4.50. The summed E-state index contributed by atoms with van der Waals surface area (Å²) in [6.07, 6.45) is 2.99. The van der Waals surface area contributed by atoms with Gasteiger partial charge in [-0.3, -0.25) is 9.78 Å². The summed E-state index contributed by atoms with van der Waals surface area (Å²) in [6, 6.07) is 8.04. The number of carboxylic acids is 1. The predicted molar refractivity (Wildman–Crippen MR) is 75.3 cm³/mol. The number of carboxylic acid groups (broad SMARTS) is 1. The molecule has 21 heavy (non-hydrogen) atoms. The molecule has 3 N–H and O–H groups in total. The van der Waals surface area contributed by atoms with Crippen LogP contribution in [-0.2, 0) is 6.42 Å². The molecule has 6 nitrogen and oxygen atoms in total. The summed E-state index contributed by atoms with van der Waals surface area (Å²) in [5, 5.41) is 21.2. The number of nitrogens with one attached hydrogen (secondary N) is 1. The molecule has 0 aliphatic heterocycles. The van der Waals surface area contributed by atoms with Crippen LogP contribution in [0.25, 0.3) is 0 Å². The molecule has 0 radical (unpaired) electrons. The summed E-state index contributed by atoms with van der Waals surface area (Å²) in [5.74, 6) is -1.62. The number of hydrogen-bond acceptors (Lipinski definition) is 4. The number of nitrogens with zero attached hydrogens (tertiary/aromatic N) is 1. The maximum Gasteiger partial charge on any atom is 0.335 e. The highest BCUT2D eigenvalue weighted by molar-refractivity contribution is 5.96. The van der Waals surface area contributed by atoms with E-state index in [1.54, 1.807) is 18.2 Å². The Morgan fingerprint density at radius 2 is 1.90 bits per heavy atom. The average Bonchev–Trinajstić information content (AvgIpc) is 2.48. The van der Waals surface area contributed by atoms with Crippen molar-refractivity contribution in [1.82, 2.24) is 10.3 Å². The van der Waals surface area contributed by atoms with Gasteiger partial charge in [-0.05, 0) is 24.1 Å². The van der Waals surface area contributed by atoms with Crippen LogP contribution in [0.2, 0.25) is 0 Å². The monoisotopic (exact) mass is 286 g/mol. The van der Waals surface area contributed by atoms with E-state index in [2.05, 4.69) is 10.3 Å². The van der Waals surface area contributed by atoms with Crippen molar-refractivity contribution < 1.29 is 19.8 Å². The van der Waals surface area contributed by atoms with Gasteiger partial charge < -0.3 is 15.5 Å². The summed E-state index contributed by atoms with van der Waals surface area (Å²) in [4.78, 5) is 26.6. The summed E-state index contributed by atoms with van der Waals surface area (Å²) in [6.45, 7) is 0.269. The highest BCUT2D eigenvalue weighted by atomic mass is 16.4.